The topological polar surface area (TPSA) is 9.23 Å². The van der Waals surface area contributed by atoms with Gasteiger partial charge in [0, 0.05) is 18.2 Å². The molecule has 0 aliphatic heterocycles. The predicted molar refractivity (Wildman–Crippen MR) is 49.7 cm³/mol. The van der Waals surface area contributed by atoms with Crippen LogP contribution in [0.25, 0.3) is 0 Å². The summed E-state index contributed by atoms with van der Waals surface area (Å²) in [5.74, 6) is -0.707. The molecule has 2 rings (SSSR count). The fourth-order valence-corrected chi connectivity index (χ4v) is 1.56. The molecule has 1 aromatic rings. The maximum Gasteiger partial charge on any atom is 0.129 e. The highest BCUT2D eigenvalue weighted by molar-refractivity contribution is 6.18. The Bertz CT molecular complexity index is 330. The predicted octanol–water partition coefficient (Wildman–Crippen LogP) is 3.12. The first-order valence-electron chi connectivity index (χ1n) is 4.35. The summed E-state index contributed by atoms with van der Waals surface area (Å²) in [6, 6.07) is 3.14. The summed E-state index contributed by atoms with van der Waals surface area (Å²) in [7, 11) is 0. The van der Waals surface area contributed by atoms with Gasteiger partial charge in [0.25, 0.3) is 0 Å². The molecule has 14 heavy (non-hydrogen) atoms. The molecule has 1 nitrogen and oxygen atoms in total. The van der Waals surface area contributed by atoms with E-state index >= 15 is 0 Å². The van der Waals surface area contributed by atoms with Crippen LogP contribution in [0.5, 0.6) is 5.75 Å². The van der Waals surface area contributed by atoms with E-state index in [0.29, 0.717) is 5.88 Å². The summed E-state index contributed by atoms with van der Waals surface area (Å²) < 4.78 is 31.0. The molecule has 76 valence electrons. The van der Waals surface area contributed by atoms with Crippen molar-refractivity contribution in [1.29, 1.82) is 0 Å². The minimum absolute atomic E-state index is 0.209. The number of hydrogen-bond acceptors (Lipinski definition) is 1. The summed E-state index contributed by atoms with van der Waals surface area (Å²) in [6.07, 6.45) is 1.68. The molecule has 0 bridgehead atoms. The molecule has 1 saturated carbocycles. The summed E-state index contributed by atoms with van der Waals surface area (Å²) in [6.45, 7) is 0. The highest BCUT2D eigenvalue weighted by Gasteiger charge is 2.44. The SMILES string of the molecule is Fc1cc(F)cc(OC2(CCl)CC2)c1. The lowest BCUT2D eigenvalue weighted by molar-refractivity contribution is 0.202. The van der Waals surface area contributed by atoms with E-state index in [-0.39, 0.29) is 11.4 Å². The second-order valence-corrected chi connectivity index (χ2v) is 3.79. The van der Waals surface area contributed by atoms with Gasteiger partial charge in [0.05, 0.1) is 5.88 Å². The van der Waals surface area contributed by atoms with Gasteiger partial charge in [-0.25, -0.2) is 8.78 Å². The molecule has 0 aromatic heterocycles. The van der Waals surface area contributed by atoms with E-state index in [0.717, 1.165) is 31.0 Å². The molecule has 0 amide bonds. The fourth-order valence-electron chi connectivity index (χ4n) is 1.24. The van der Waals surface area contributed by atoms with Crippen LogP contribution in [-0.2, 0) is 0 Å². The van der Waals surface area contributed by atoms with Crippen molar-refractivity contribution in [3.8, 4) is 5.75 Å². The molecule has 0 N–H and O–H groups in total. The molecule has 0 spiro atoms. The van der Waals surface area contributed by atoms with Gasteiger partial charge in [-0.3, -0.25) is 0 Å². The first-order valence-corrected chi connectivity index (χ1v) is 4.88. The lowest BCUT2D eigenvalue weighted by atomic mass is 10.3. The van der Waals surface area contributed by atoms with Gasteiger partial charge in [0.1, 0.15) is 23.0 Å². The lowest BCUT2D eigenvalue weighted by Crippen LogP contribution is -2.19. The van der Waals surface area contributed by atoms with Gasteiger partial charge in [-0.15, -0.1) is 11.6 Å². The highest BCUT2D eigenvalue weighted by Crippen LogP contribution is 2.41. The maximum atomic E-state index is 12.8. The molecule has 1 fully saturated rings. The van der Waals surface area contributed by atoms with Crippen LogP contribution in [0, 0.1) is 11.6 Å². The van der Waals surface area contributed by atoms with Crippen LogP contribution >= 0.6 is 11.6 Å². The Labute approximate surface area is 85.6 Å². The Balaban J connectivity index is 2.16. The zero-order valence-corrected chi connectivity index (χ0v) is 8.15. The van der Waals surface area contributed by atoms with E-state index in [2.05, 4.69) is 0 Å². The van der Waals surface area contributed by atoms with Gasteiger partial charge in [-0.05, 0) is 12.8 Å². The Morgan fingerprint density at radius 1 is 1.21 bits per heavy atom. The van der Waals surface area contributed by atoms with Crippen LogP contribution in [0.15, 0.2) is 18.2 Å². The van der Waals surface area contributed by atoms with E-state index in [1.165, 1.54) is 0 Å². The quantitative estimate of drug-likeness (QED) is 0.709. The van der Waals surface area contributed by atoms with Crippen LogP contribution in [0.1, 0.15) is 12.8 Å². The number of rotatable bonds is 3. The molecule has 1 aromatic carbocycles. The van der Waals surface area contributed by atoms with Gasteiger partial charge in [-0.2, -0.15) is 0 Å². The van der Waals surface area contributed by atoms with Crippen LogP contribution in [0.3, 0.4) is 0 Å². The van der Waals surface area contributed by atoms with Crippen molar-refractivity contribution in [3.05, 3.63) is 29.8 Å². The Morgan fingerprint density at radius 2 is 1.79 bits per heavy atom. The van der Waals surface area contributed by atoms with E-state index in [9.17, 15) is 8.78 Å². The molecule has 1 aliphatic rings. The summed E-state index contributed by atoms with van der Waals surface area (Å²) in [5.41, 5.74) is -0.387. The first kappa shape index (κ1) is 9.71. The minimum atomic E-state index is -0.634. The van der Waals surface area contributed by atoms with E-state index < -0.39 is 11.6 Å². The van der Waals surface area contributed by atoms with Crippen molar-refractivity contribution < 1.29 is 13.5 Å². The third-order valence-electron chi connectivity index (χ3n) is 2.22. The van der Waals surface area contributed by atoms with Crippen molar-refractivity contribution >= 4 is 11.6 Å². The third-order valence-corrected chi connectivity index (χ3v) is 2.71. The van der Waals surface area contributed by atoms with E-state index in [1.807, 2.05) is 0 Å². The van der Waals surface area contributed by atoms with Crippen molar-refractivity contribution in [2.45, 2.75) is 18.4 Å². The molecule has 0 unspecified atom stereocenters. The number of alkyl halides is 1. The fraction of sp³-hybridized carbons (Fsp3) is 0.400. The van der Waals surface area contributed by atoms with E-state index in [4.69, 9.17) is 16.3 Å². The molecule has 4 heteroatoms. The Morgan fingerprint density at radius 3 is 2.21 bits per heavy atom. The molecule has 0 heterocycles. The van der Waals surface area contributed by atoms with Gasteiger partial charge >= 0.3 is 0 Å². The largest absolute Gasteiger partial charge is 0.486 e. The monoisotopic (exact) mass is 218 g/mol. The first-order chi connectivity index (χ1) is 6.63. The van der Waals surface area contributed by atoms with Crippen LogP contribution < -0.4 is 4.74 Å². The Hall–Kier alpha value is -0.830. The third kappa shape index (κ3) is 1.98. The molecule has 0 radical (unpaired) electrons. The van der Waals surface area contributed by atoms with Gasteiger partial charge < -0.3 is 4.74 Å². The second kappa shape index (κ2) is 3.39. The molecule has 1 aliphatic carbocycles. The summed E-state index contributed by atoms with van der Waals surface area (Å²) in [5, 5.41) is 0. The van der Waals surface area contributed by atoms with Gasteiger partial charge in [-0.1, -0.05) is 0 Å². The van der Waals surface area contributed by atoms with Gasteiger partial charge in [0.2, 0.25) is 0 Å². The minimum Gasteiger partial charge on any atom is -0.486 e. The molecular weight excluding hydrogens is 210 g/mol. The molecule has 0 saturated heterocycles. The summed E-state index contributed by atoms with van der Waals surface area (Å²) >= 11 is 5.67. The zero-order valence-electron chi connectivity index (χ0n) is 7.40. The average Bonchev–Trinajstić information content (AvgIpc) is 2.83. The number of hydrogen-bond donors (Lipinski definition) is 0. The second-order valence-electron chi connectivity index (χ2n) is 3.52. The summed E-state index contributed by atoms with van der Waals surface area (Å²) in [4.78, 5) is 0. The van der Waals surface area contributed by atoms with Crippen LogP contribution in [0.2, 0.25) is 0 Å². The number of halogens is 3. The maximum absolute atomic E-state index is 12.8. The molecule has 0 atom stereocenters. The normalized spacial score (nSPS) is 17.9. The highest BCUT2D eigenvalue weighted by atomic mass is 35.5. The van der Waals surface area contributed by atoms with Crippen LogP contribution in [-0.4, -0.2) is 11.5 Å². The Kier molecular flexibility index (Phi) is 2.35. The van der Waals surface area contributed by atoms with Gasteiger partial charge in [0.15, 0.2) is 0 Å². The average molecular weight is 219 g/mol. The zero-order chi connectivity index (χ0) is 10.2. The molecular formula is C10H9ClF2O. The van der Waals surface area contributed by atoms with Crippen molar-refractivity contribution in [2.75, 3.05) is 5.88 Å². The standard InChI is InChI=1S/C10H9ClF2O/c11-6-10(1-2-10)14-9-4-7(12)3-8(13)5-9/h3-5H,1-2,6H2. The van der Waals surface area contributed by atoms with E-state index in [1.54, 1.807) is 0 Å². The smallest absolute Gasteiger partial charge is 0.129 e. The van der Waals surface area contributed by atoms with Crippen LogP contribution in [0.4, 0.5) is 8.78 Å². The van der Waals surface area contributed by atoms with Crippen molar-refractivity contribution in [2.24, 2.45) is 0 Å². The lowest BCUT2D eigenvalue weighted by Gasteiger charge is -2.14. The van der Waals surface area contributed by atoms with Crippen molar-refractivity contribution in [3.63, 3.8) is 0 Å². The van der Waals surface area contributed by atoms with Crippen molar-refractivity contribution in [1.82, 2.24) is 0 Å². The number of benzene rings is 1. The number of ether oxygens (including phenoxy) is 1.